The summed E-state index contributed by atoms with van der Waals surface area (Å²) in [4.78, 5) is 25.3. The number of ether oxygens (including phenoxy) is 2. The molecule has 1 atom stereocenters. The largest absolute Gasteiger partial charge is 0.463 e. The Morgan fingerprint density at radius 1 is 1.40 bits per heavy atom. The lowest BCUT2D eigenvalue weighted by Crippen LogP contribution is -2.46. The smallest absolute Gasteiger partial charge is 0.410 e. The second-order valence-electron chi connectivity index (χ2n) is 5.92. The monoisotopic (exact) mass is 283 g/mol. The highest BCUT2D eigenvalue weighted by Gasteiger charge is 2.30. The third-order valence-electron chi connectivity index (χ3n) is 3.09. The molecule has 0 aromatic rings. The van der Waals surface area contributed by atoms with Crippen molar-refractivity contribution in [2.45, 2.75) is 59.1 Å². The Morgan fingerprint density at radius 3 is 2.60 bits per heavy atom. The molecule has 1 heterocycles. The number of hydrogen-bond donors (Lipinski definition) is 0. The average Bonchev–Trinajstić information content (AvgIpc) is 2.29. The Balaban J connectivity index is 2.76. The quantitative estimate of drug-likeness (QED) is 0.577. The molecule has 1 aliphatic heterocycles. The Bertz CT molecular complexity index is 395. The van der Waals surface area contributed by atoms with E-state index in [-0.39, 0.29) is 18.1 Å². The molecule has 0 bridgehead atoms. The first-order valence-corrected chi connectivity index (χ1v) is 7.11. The van der Waals surface area contributed by atoms with Gasteiger partial charge in [0.1, 0.15) is 5.60 Å². The van der Waals surface area contributed by atoms with Gasteiger partial charge in [-0.2, -0.15) is 0 Å². The third kappa shape index (κ3) is 4.87. The van der Waals surface area contributed by atoms with Gasteiger partial charge in [0.2, 0.25) is 0 Å². The maximum Gasteiger partial charge on any atom is 0.410 e. The second kappa shape index (κ2) is 6.77. The molecule has 0 aliphatic carbocycles. The first-order chi connectivity index (χ1) is 9.24. The molecule has 1 unspecified atom stereocenters. The van der Waals surface area contributed by atoms with Crippen LogP contribution in [0.1, 0.15) is 47.5 Å². The lowest BCUT2D eigenvalue weighted by atomic mass is 9.97. The highest BCUT2D eigenvalue weighted by atomic mass is 16.6. The number of likely N-dealkylation sites (tertiary alicyclic amines) is 1. The second-order valence-corrected chi connectivity index (χ2v) is 5.92. The molecule has 0 N–H and O–H groups in total. The molecule has 114 valence electrons. The molecule has 1 aliphatic rings. The predicted octanol–water partition coefficient (Wildman–Crippen LogP) is 2.90. The van der Waals surface area contributed by atoms with E-state index in [0.717, 1.165) is 18.4 Å². The van der Waals surface area contributed by atoms with E-state index in [0.29, 0.717) is 13.2 Å². The van der Waals surface area contributed by atoms with Crippen LogP contribution in [-0.2, 0) is 14.3 Å². The van der Waals surface area contributed by atoms with Crippen LogP contribution in [0.3, 0.4) is 0 Å². The molecule has 1 amide bonds. The summed E-state index contributed by atoms with van der Waals surface area (Å²) in [5, 5.41) is 0. The van der Waals surface area contributed by atoms with Crippen LogP contribution in [0.2, 0.25) is 0 Å². The summed E-state index contributed by atoms with van der Waals surface area (Å²) in [6.45, 7) is 10.2. The van der Waals surface area contributed by atoms with Gasteiger partial charge in [-0.25, -0.2) is 9.59 Å². The molecule has 1 rings (SSSR count). The minimum absolute atomic E-state index is 0.136. The molecular formula is C15H25NO4. The van der Waals surface area contributed by atoms with Gasteiger partial charge in [0.15, 0.2) is 0 Å². The lowest BCUT2D eigenvalue weighted by Gasteiger charge is -2.36. The van der Waals surface area contributed by atoms with Crippen LogP contribution < -0.4 is 0 Å². The van der Waals surface area contributed by atoms with Crippen LogP contribution >= 0.6 is 0 Å². The maximum absolute atomic E-state index is 12.1. The number of esters is 1. The normalized spacial score (nSPS) is 21.8. The highest BCUT2D eigenvalue weighted by molar-refractivity contribution is 5.83. The van der Waals surface area contributed by atoms with Crippen LogP contribution in [0, 0.1) is 0 Å². The number of hydrogen-bond acceptors (Lipinski definition) is 4. The molecule has 5 nitrogen and oxygen atoms in total. The third-order valence-corrected chi connectivity index (χ3v) is 3.09. The van der Waals surface area contributed by atoms with Crippen molar-refractivity contribution in [2.75, 3.05) is 13.2 Å². The van der Waals surface area contributed by atoms with Crippen LogP contribution in [0.15, 0.2) is 11.6 Å². The summed E-state index contributed by atoms with van der Waals surface area (Å²) in [7, 11) is 0. The average molecular weight is 283 g/mol. The zero-order chi connectivity index (χ0) is 15.3. The SMILES string of the molecule is CCOC(=O)/C=C1/CCCN(C(=O)OC(C)(C)C)C1C. The van der Waals surface area contributed by atoms with E-state index in [1.165, 1.54) is 6.08 Å². The van der Waals surface area contributed by atoms with Crippen LogP contribution in [0.25, 0.3) is 0 Å². The van der Waals surface area contributed by atoms with Gasteiger partial charge in [0.05, 0.1) is 12.6 Å². The first-order valence-electron chi connectivity index (χ1n) is 7.11. The first kappa shape index (κ1) is 16.5. The molecule has 20 heavy (non-hydrogen) atoms. The molecule has 0 radical (unpaired) electrons. The Hall–Kier alpha value is -1.52. The van der Waals surface area contributed by atoms with Crippen molar-refractivity contribution < 1.29 is 19.1 Å². The zero-order valence-electron chi connectivity index (χ0n) is 13.1. The Kier molecular flexibility index (Phi) is 5.60. The highest BCUT2D eigenvalue weighted by Crippen LogP contribution is 2.24. The van der Waals surface area contributed by atoms with E-state index in [1.54, 1.807) is 11.8 Å². The summed E-state index contributed by atoms with van der Waals surface area (Å²) < 4.78 is 10.3. The van der Waals surface area contributed by atoms with E-state index >= 15 is 0 Å². The van der Waals surface area contributed by atoms with Crippen LogP contribution in [-0.4, -0.2) is 41.8 Å². The van der Waals surface area contributed by atoms with E-state index < -0.39 is 5.60 Å². The lowest BCUT2D eigenvalue weighted by molar-refractivity contribution is -0.137. The van der Waals surface area contributed by atoms with Crippen molar-refractivity contribution in [2.24, 2.45) is 0 Å². The summed E-state index contributed by atoms with van der Waals surface area (Å²) in [5.74, 6) is -0.347. The number of rotatable bonds is 2. The van der Waals surface area contributed by atoms with Crippen molar-refractivity contribution in [3.05, 3.63) is 11.6 Å². The van der Waals surface area contributed by atoms with Crippen LogP contribution in [0.4, 0.5) is 4.79 Å². The molecule has 1 saturated heterocycles. The Labute approximate surface area is 120 Å². The summed E-state index contributed by atoms with van der Waals surface area (Å²) >= 11 is 0. The minimum atomic E-state index is -0.515. The van der Waals surface area contributed by atoms with Gasteiger partial charge in [-0.3, -0.25) is 0 Å². The maximum atomic E-state index is 12.1. The van der Waals surface area contributed by atoms with Gasteiger partial charge >= 0.3 is 12.1 Å². The molecule has 1 fully saturated rings. The summed E-state index contributed by atoms with van der Waals surface area (Å²) in [6.07, 6.45) is 2.80. The van der Waals surface area contributed by atoms with E-state index in [9.17, 15) is 9.59 Å². The van der Waals surface area contributed by atoms with Gasteiger partial charge in [0.25, 0.3) is 0 Å². The Morgan fingerprint density at radius 2 is 2.05 bits per heavy atom. The van der Waals surface area contributed by atoms with Crippen molar-refractivity contribution >= 4 is 12.1 Å². The fourth-order valence-corrected chi connectivity index (χ4v) is 2.15. The van der Waals surface area contributed by atoms with Crippen molar-refractivity contribution in [1.29, 1.82) is 0 Å². The number of carbonyl (C=O) groups excluding carboxylic acids is 2. The number of amides is 1. The fourth-order valence-electron chi connectivity index (χ4n) is 2.15. The molecule has 0 saturated carbocycles. The fraction of sp³-hybridized carbons (Fsp3) is 0.733. The summed E-state index contributed by atoms with van der Waals surface area (Å²) in [5.41, 5.74) is 0.403. The number of nitrogens with zero attached hydrogens (tertiary/aromatic N) is 1. The summed E-state index contributed by atoms with van der Waals surface area (Å²) in [6, 6.07) is -0.136. The number of piperidine rings is 1. The molecule has 0 spiro atoms. The molecular weight excluding hydrogens is 258 g/mol. The van der Waals surface area contributed by atoms with E-state index in [1.807, 2.05) is 27.7 Å². The van der Waals surface area contributed by atoms with E-state index in [4.69, 9.17) is 9.47 Å². The minimum Gasteiger partial charge on any atom is -0.463 e. The van der Waals surface area contributed by atoms with Gasteiger partial charge in [-0.1, -0.05) is 0 Å². The van der Waals surface area contributed by atoms with Gasteiger partial charge in [0, 0.05) is 12.6 Å². The van der Waals surface area contributed by atoms with Gasteiger partial charge in [-0.05, 0) is 53.0 Å². The standard InChI is InChI=1S/C15H25NO4/c1-6-19-13(17)10-12-8-7-9-16(11(12)2)14(18)20-15(3,4)5/h10-11H,6-9H2,1-5H3/b12-10-. The van der Waals surface area contributed by atoms with Crippen molar-refractivity contribution in [3.63, 3.8) is 0 Å². The zero-order valence-corrected chi connectivity index (χ0v) is 13.1. The molecule has 0 aromatic carbocycles. The van der Waals surface area contributed by atoms with Crippen molar-refractivity contribution in [1.82, 2.24) is 4.90 Å². The van der Waals surface area contributed by atoms with E-state index in [2.05, 4.69) is 0 Å². The van der Waals surface area contributed by atoms with Crippen LogP contribution in [0.5, 0.6) is 0 Å². The molecule has 0 aromatic heterocycles. The van der Waals surface area contributed by atoms with Crippen molar-refractivity contribution in [3.8, 4) is 0 Å². The van der Waals surface area contributed by atoms with Gasteiger partial charge < -0.3 is 14.4 Å². The predicted molar refractivity (Wildman–Crippen MR) is 76.4 cm³/mol. The van der Waals surface area contributed by atoms with Gasteiger partial charge in [-0.15, -0.1) is 0 Å². The number of carbonyl (C=O) groups is 2. The topological polar surface area (TPSA) is 55.8 Å². The molecule has 5 heteroatoms.